The topological polar surface area (TPSA) is 79.6 Å². The van der Waals surface area contributed by atoms with Crippen molar-refractivity contribution in [1.29, 1.82) is 0 Å². The van der Waals surface area contributed by atoms with Crippen LogP contribution in [0.1, 0.15) is 16.8 Å². The number of rotatable bonds is 3. The maximum atomic E-state index is 12.5. The summed E-state index contributed by atoms with van der Waals surface area (Å²) in [6.07, 6.45) is 0.194. The monoisotopic (exact) mass is 348 g/mol. The van der Waals surface area contributed by atoms with Crippen molar-refractivity contribution >= 4 is 28.5 Å². The van der Waals surface area contributed by atoms with Gasteiger partial charge in [-0.15, -0.1) is 0 Å². The third-order valence-electron chi connectivity index (χ3n) is 4.41. The van der Waals surface area contributed by atoms with Crippen molar-refractivity contribution in [2.24, 2.45) is 0 Å². The first kappa shape index (κ1) is 16.1. The largest absolute Gasteiger partial charge is 0.422 e. The zero-order valence-electron chi connectivity index (χ0n) is 13.8. The average Bonchev–Trinajstić information content (AvgIpc) is 3.02. The highest BCUT2D eigenvalue weighted by molar-refractivity contribution is 5.99. The smallest absolute Gasteiger partial charge is 0.349 e. The van der Waals surface area contributed by atoms with Crippen LogP contribution in [0.15, 0.2) is 69.9 Å². The molecule has 1 atom stereocenters. The number of fused-ring (bicyclic) bond motifs is 1. The molecule has 1 N–H and O–H groups in total. The van der Waals surface area contributed by atoms with E-state index in [4.69, 9.17) is 4.42 Å². The van der Waals surface area contributed by atoms with E-state index in [0.29, 0.717) is 17.5 Å². The Morgan fingerprint density at radius 2 is 1.77 bits per heavy atom. The molecule has 0 radical (unpaired) electrons. The third kappa shape index (κ3) is 2.97. The normalized spacial score (nSPS) is 16.8. The Labute approximate surface area is 149 Å². The van der Waals surface area contributed by atoms with Crippen molar-refractivity contribution < 1.29 is 14.0 Å². The van der Waals surface area contributed by atoms with E-state index in [1.807, 2.05) is 30.3 Å². The van der Waals surface area contributed by atoms with Crippen molar-refractivity contribution in [1.82, 2.24) is 5.32 Å². The van der Waals surface area contributed by atoms with Gasteiger partial charge in [0.1, 0.15) is 11.1 Å². The van der Waals surface area contributed by atoms with Gasteiger partial charge in [0.2, 0.25) is 5.91 Å². The lowest BCUT2D eigenvalue weighted by atomic mass is 10.1. The van der Waals surface area contributed by atoms with Crippen LogP contribution >= 0.6 is 0 Å². The lowest BCUT2D eigenvalue weighted by molar-refractivity contribution is -0.117. The molecule has 2 heterocycles. The minimum absolute atomic E-state index is 0.0608. The van der Waals surface area contributed by atoms with E-state index < -0.39 is 11.5 Å². The van der Waals surface area contributed by atoms with Gasteiger partial charge in [-0.3, -0.25) is 9.59 Å². The van der Waals surface area contributed by atoms with Gasteiger partial charge in [-0.25, -0.2) is 4.79 Å². The van der Waals surface area contributed by atoms with Gasteiger partial charge < -0.3 is 14.6 Å². The Balaban J connectivity index is 1.53. The first-order valence-electron chi connectivity index (χ1n) is 8.31. The van der Waals surface area contributed by atoms with Crippen molar-refractivity contribution in [2.45, 2.75) is 12.5 Å². The Hall–Kier alpha value is -3.41. The molecule has 1 aliphatic heterocycles. The zero-order chi connectivity index (χ0) is 18.1. The second-order valence-corrected chi connectivity index (χ2v) is 6.20. The predicted octanol–water partition coefficient (Wildman–Crippen LogP) is 2.33. The molecule has 3 aromatic rings. The zero-order valence-corrected chi connectivity index (χ0v) is 13.8. The fraction of sp³-hybridized carbons (Fsp3) is 0.150. The lowest BCUT2D eigenvalue weighted by Gasteiger charge is -2.17. The molecule has 2 aromatic carbocycles. The van der Waals surface area contributed by atoms with Crippen LogP contribution in [0.4, 0.5) is 5.69 Å². The summed E-state index contributed by atoms with van der Waals surface area (Å²) in [5.41, 5.74) is 0.472. The summed E-state index contributed by atoms with van der Waals surface area (Å²) in [4.78, 5) is 38.5. The van der Waals surface area contributed by atoms with Crippen LogP contribution in [0.25, 0.3) is 11.0 Å². The van der Waals surface area contributed by atoms with Crippen molar-refractivity contribution in [3.05, 3.63) is 76.6 Å². The number of amides is 2. The number of hydrogen-bond acceptors (Lipinski definition) is 4. The van der Waals surface area contributed by atoms with Crippen LogP contribution in [-0.2, 0) is 4.79 Å². The molecule has 2 amide bonds. The Morgan fingerprint density at radius 1 is 1.04 bits per heavy atom. The molecular formula is C20H16N2O4. The van der Waals surface area contributed by atoms with E-state index >= 15 is 0 Å². The second kappa shape index (κ2) is 6.48. The van der Waals surface area contributed by atoms with Gasteiger partial charge in [-0.05, 0) is 24.3 Å². The van der Waals surface area contributed by atoms with E-state index in [1.54, 1.807) is 29.2 Å². The SMILES string of the molecule is O=C(N[C@H]1CC(=O)N(c2ccccc2)C1)c1cc2ccccc2oc1=O. The molecule has 0 saturated carbocycles. The number of anilines is 1. The van der Waals surface area contributed by atoms with E-state index in [0.717, 1.165) is 5.69 Å². The summed E-state index contributed by atoms with van der Waals surface area (Å²) in [6, 6.07) is 17.4. The van der Waals surface area contributed by atoms with E-state index in [1.165, 1.54) is 6.07 Å². The van der Waals surface area contributed by atoms with Gasteiger partial charge in [0.15, 0.2) is 0 Å². The number of nitrogens with one attached hydrogen (secondary N) is 1. The molecule has 6 nitrogen and oxygen atoms in total. The van der Waals surface area contributed by atoms with Crippen LogP contribution in [0.5, 0.6) is 0 Å². The number of nitrogens with zero attached hydrogens (tertiary/aromatic N) is 1. The fourth-order valence-electron chi connectivity index (χ4n) is 3.15. The molecule has 26 heavy (non-hydrogen) atoms. The highest BCUT2D eigenvalue weighted by Gasteiger charge is 2.32. The van der Waals surface area contributed by atoms with Gasteiger partial charge in [0, 0.05) is 24.0 Å². The molecule has 1 aromatic heterocycles. The maximum absolute atomic E-state index is 12.5. The van der Waals surface area contributed by atoms with Crippen LogP contribution < -0.4 is 15.8 Å². The summed E-state index contributed by atoms with van der Waals surface area (Å²) >= 11 is 0. The quantitative estimate of drug-likeness (QED) is 0.737. The second-order valence-electron chi connectivity index (χ2n) is 6.20. The number of benzene rings is 2. The molecule has 0 spiro atoms. The Kier molecular flexibility index (Phi) is 4.01. The molecule has 130 valence electrons. The van der Waals surface area contributed by atoms with Crippen LogP contribution in [0.3, 0.4) is 0 Å². The highest BCUT2D eigenvalue weighted by Crippen LogP contribution is 2.21. The highest BCUT2D eigenvalue weighted by atomic mass is 16.4. The first-order valence-corrected chi connectivity index (χ1v) is 8.31. The van der Waals surface area contributed by atoms with E-state index in [2.05, 4.69) is 5.32 Å². The van der Waals surface area contributed by atoms with Gasteiger partial charge >= 0.3 is 5.63 Å². The lowest BCUT2D eigenvalue weighted by Crippen LogP contribution is -2.39. The molecule has 0 bridgehead atoms. The fourth-order valence-corrected chi connectivity index (χ4v) is 3.15. The molecule has 0 aliphatic carbocycles. The van der Waals surface area contributed by atoms with Gasteiger partial charge in [0.05, 0.1) is 6.04 Å². The van der Waals surface area contributed by atoms with Crippen LogP contribution in [-0.4, -0.2) is 24.4 Å². The van der Waals surface area contributed by atoms with Crippen molar-refractivity contribution in [2.75, 3.05) is 11.4 Å². The Bertz CT molecular complexity index is 1040. The van der Waals surface area contributed by atoms with Crippen LogP contribution in [0.2, 0.25) is 0 Å². The number of para-hydroxylation sites is 2. The van der Waals surface area contributed by atoms with E-state index in [9.17, 15) is 14.4 Å². The maximum Gasteiger partial charge on any atom is 0.349 e. The summed E-state index contributed by atoms with van der Waals surface area (Å²) in [5, 5.41) is 3.44. The minimum atomic E-state index is -0.689. The molecule has 1 aliphatic rings. The molecule has 1 fully saturated rings. The summed E-state index contributed by atoms with van der Waals surface area (Å²) in [7, 11) is 0. The first-order chi connectivity index (χ1) is 12.6. The third-order valence-corrected chi connectivity index (χ3v) is 4.41. The standard InChI is InChI=1S/C20H16N2O4/c23-18-11-14(12-22(18)15-7-2-1-3-8-15)21-19(24)16-10-13-6-4-5-9-17(13)26-20(16)25/h1-10,14H,11-12H2,(H,21,24)/t14-/m0/s1. The minimum Gasteiger partial charge on any atom is -0.422 e. The van der Waals surface area contributed by atoms with Gasteiger partial charge in [-0.1, -0.05) is 36.4 Å². The number of carbonyl (C=O) groups excluding carboxylic acids is 2. The Morgan fingerprint density at radius 3 is 2.58 bits per heavy atom. The number of hydrogen-bond donors (Lipinski definition) is 1. The number of carbonyl (C=O) groups is 2. The predicted molar refractivity (Wildman–Crippen MR) is 97.2 cm³/mol. The van der Waals surface area contributed by atoms with Gasteiger partial charge in [0.25, 0.3) is 5.91 Å². The average molecular weight is 348 g/mol. The van der Waals surface area contributed by atoms with E-state index in [-0.39, 0.29) is 23.9 Å². The van der Waals surface area contributed by atoms with Crippen LogP contribution in [0, 0.1) is 0 Å². The van der Waals surface area contributed by atoms with Crippen molar-refractivity contribution in [3.63, 3.8) is 0 Å². The molecule has 1 saturated heterocycles. The molecule has 0 unspecified atom stereocenters. The molecular weight excluding hydrogens is 332 g/mol. The van der Waals surface area contributed by atoms with Crippen molar-refractivity contribution in [3.8, 4) is 0 Å². The summed E-state index contributed by atoms with van der Waals surface area (Å²) in [6.45, 7) is 0.369. The van der Waals surface area contributed by atoms with Gasteiger partial charge in [-0.2, -0.15) is 0 Å². The molecule has 4 rings (SSSR count). The molecule has 6 heteroatoms. The summed E-state index contributed by atoms with van der Waals surface area (Å²) < 4.78 is 5.20. The summed E-state index contributed by atoms with van der Waals surface area (Å²) in [5.74, 6) is -0.593.